The summed E-state index contributed by atoms with van der Waals surface area (Å²) in [5, 5.41) is 11.9. The minimum absolute atomic E-state index is 0.137. The fraction of sp³-hybridized carbons (Fsp3) is 0.389. The molecule has 0 bridgehead atoms. The highest BCUT2D eigenvalue weighted by molar-refractivity contribution is 6.09. The third-order valence-electron chi connectivity index (χ3n) is 4.12. The first kappa shape index (κ1) is 18.5. The van der Waals surface area contributed by atoms with Crippen LogP contribution in [0.5, 0.6) is 5.75 Å². The predicted octanol–water partition coefficient (Wildman–Crippen LogP) is 2.27. The second kappa shape index (κ2) is 6.96. The van der Waals surface area contributed by atoms with Crippen LogP contribution in [-0.2, 0) is 15.1 Å². The zero-order valence-electron chi connectivity index (χ0n) is 14.5. The van der Waals surface area contributed by atoms with Crippen LogP contribution in [0.2, 0.25) is 0 Å². The van der Waals surface area contributed by atoms with E-state index in [2.05, 4.69) is 11.9 Å². The molecule has 0 spiro atoms. The maximum absolute atomic E-state index is 12.8. The summed E-state index contributed by atoms with van der Waals surface area (Å²) < 4.78 is 5.51. The number of aliphatic carboxylic acids is 1. The number of amides is 3. The van der Waals surface area contributed by atoms with Gasteiger partial charge in [-0.1, -0.05) is 25.6 Å². The average Bonchev–Trinajstić information content (AvgIpc) is 2.78. The molecule has 1 saturated heterocycles. The van der Waals surface area contributed by atoms with Crippen molar-refractivity contribution < 1.29 is 24.2 Å². The third-order valence-corrected chi connectivity index (χ3v) is 4.12. The van der Waals surface area contributed by atoms with Crippen LogP contribution in [0.1, 0.15) is 32.8 Å². The van der Waals surface area contributed by atoms with Gasteiger partial charge in [-0.25, -0.2) is 14.5 Å². The standard InChI is InChI=1S/C18H22N2O5/c1-5-14(15(21)22)20-16(23)18(4,19-17(20)24)12-6-8-13(9-7-12)25-10-11(2)3/h6-9,14H,2,5,10H2,1,3-4H3,(H,19,24)(H,21,22). The summed E-state index contributed by atoms with van der Waals surface area (Å²) in [7, 11) is 0. The molecule has 0 aliphatic carbocycles. The highest BCUT2D eigenvalue weighted by Crippen LogP contribution is 2.31. The number of hydrogen-bond donors (Lipinski definition) is 2. The van der Waals surface area contributed by atoms with Gasteiger partial charge in [0.25, 0.3) is 5.91 Å². The average molecular weight is 346 g/mol. The zero-order valence-corrected chi connectivity index (χ0v) is 14.5. The van der Waals surface area contributed by atoms with E-state index in [4.69, 9.17) is 4.74 Å². The van der Waals surface area contributed by atoms with Crippen molar-refractivity contribution in [1.29, 1.82) is 0 Å². The molecule has 1 heterocycles. The molecular formula is C18H22N2O5. The van der Waals surface area contributed by atoms with Gasteiger partial charge < -0.3 is 15.2 Å². The molecule has 134 valence electrons. The van der Waals surface area contributed by atoms with Gasteiger partial charge in [0, 0.05) is 0 Å². The van der Waals surface area contributed by atoms with Gasteiger partial charge in [0.05, 0.1) is 0 Å². The Morgan fingerprint density at radius 1 is 1.36 bits per heavy atom. The molecule has 25 heavy (non-hydrogen) atoms. The van der Waals surface area contributed by atoms with Gasteiger partial charge in [-0.15, -0.1) is 0 Å². The van der Waals surface area contributed by atoms with Crippen molar-refractivity contribution in [2.75, 3.05) is 6.61 Å². The van der Waals surface area contributed by atoms with Gasteiger partial charge in [-0.05, 0) is 43.5 Å². The molecule has 0 radical (unpaired) electrons. The zero-order chi connectivity index (χ0) is 18.8. The van der Waals surface area contributed by atoms with E-state index in [1.807, 2.05) is 6.92 Å². The normalized spacial score (nSPS) is 21.0. The van der Waals surface area contributed by atoms with Crippen molar-refractivity contribution in [1.82, 2.24) is 10.2 Å². The Bertz CT molecular complexity index is 713. The highest BCUT2D eigenvalue weighted by Gasteiger charge is 2.52. The molecule has 2 unspecified atom stereocenters. The lowest BCUT2D eigenvalue weighted by atomic mass is 9.91. The molecule has 1 aromatic rings. The SMILES string of the molecule is C=C(C)COc1ccc(C2(C)NC(=O)N(C(CC)C(=O)O)C2=O)cc1. The van der Waals surface area contributed by atoms with Crippen LogP contribution in [0.15, 0.2) is 36.4 Å². The lowest BCUT2D eigenvalue weighted by Crippen LogP contribution is -2.46. The minimum Gasteiger partial charge on any atom is -0.489 e. The predicted molar refractivity (Wildman–Crippen MR) is 91.2 cm³/mol. The summed E-state index contributed by atoms with van der Waals surface area (Å²) in [5.41, 5.74) is 0.118. The lowest BCUT2D eigenvalue weighted by molar-refractivity contribution is -0.147. The van der Waals surface area contributed by atoms with Gasteiger partial charge in [-0.3, -0.25) is 4.79 Å². The number of carboxylic acid groups (broad SMARTS) is 1. The molecule has 1 fully saturated rings. The molecule has 1 aliphatic rings. The van der Waals surface area contributed by atoms with Crippen molar-refractivity contribution in [3.63, 3.8) is 0 Å². The van der Waals surface area contributed by atoms with E-state index in [9.17, 15) is 19.5 Å². The van der Waals surface area contributed by atoms with Gasteiger partial charge >= 0.3 is 12.0 Å². The second-order valence-corrected chi connectivity index (χ2v) is 6.26. The summed E-state index contributed by atoms with van der Waals surface area (Å²) in [6, 6.07) is 4.85. The molecule has 3 amide bonds. The fourth-order valence-corrected chi connectivity index (χ4v) is 2.70. The van der Waals surface area contributed by atoms with Crippen molar-refractivity contribution >= 4 is 17.9 Å². The van der Waals surface area contributed by atoms with Crippen LogP contribution in [0.4, 0.5) is 4.79 Å². The van der Waals surface area contributed by atoms with E-state index in [1.165, 1.54) is 0 Å². The molecule has 2 N–H and O–H groups in total. The molecule has 7 nitrogen and oxygen atoms in total. The number of urea groups is 1. The van der Waals surface area contributed by atoms with Crippen molar-refractivity contribution in [3.8, 4) is 5.75 Å². The summed E-state index contributed by atoms with van der Waals surface area (Å²) in [4.78, 5) is 37.1. The number of hydrogen-bond acceptors (Lipinski definition) is 4. The Labute approximate surface area is 146 Å². The second-order valence-electron chi connectivity index (χ2n) is 6.26. The monoisotopic (exact) mass is 346 g/mol. The number of carbonyl (C=O) groups is 3. The highest BCUT2D eigenvalue weighted by atomic mass is 16.5. The number of carboxylic acids is 1. The quantitative estimate of drug-likeness (QED) is 0.583. The number of rotatable bonds is 7. The van der Waals surface area contributed by atoms with Gasteiger partial charge in [-0.2, -0.15) is 0 Å². The number of ether oxygens (including phenoxy) is 1. The van der Waals surface area contributed by atoms with Crippen molar-refractivity contribution in [2.24, 2.45) is 0 Å². The number of nitrogens with one attached hydrogen (secondary N) is 1. The third kappa shape index (κ3) is 3.50. The Morgan fingerprint density at radius 2 is 1.96 bits per heavy atom. The van der Waals surface area contributed by atoms with Crippen LogP contribution < -0.4 is 10.1 Å². The van der Waals surface area contributed by atoms with Crippen LogP contribution in [0.25, 0.3) is 0 Å². The number of nitrogens with zero attached hydrogens (tertiary/aromatic N) is 1. The van der Waals surface area contributed by atoms with Crippen LogP contribution in [0.3, 0.4) is 0 Å². The maximum atomic E-state index is 12.8. The molecular weight excluding hydrogens is 324 g/mol. The number of benzene rings is 1. The van der Waals surface area contributed by atoms with E-state index in [1.54, 1.807) is 38.1 Å². The van der Waals surface area contributed by atoms with E-state index in [0.29, 0.717) is 17.9 Å². The summed E-state index contributed by atoms with van der Waals surface area (Å²) in [6.07, 6.45) is 0.137. The van der Waals surface area contributed by atoms with Crippen molar-refractivity contribution in [2.45, 2.75) is 38.8 Å². The van der Waals surface area contributed by atoms with E-state index in [-0.39, 0.29) is 6.42 Å². The first-order chi connectivity index (χ1) is 11.7. The smallest absolute Gasteiger partial charge is 0.326 e. The Hall–Kier alpha value is -2.83. The van der Waals surface area contributed by atoms with E-state index in [0.717, 1.165) is 10.5 Å². The fourth-order valence-electron chi connectivity index (χ4n) is 2.70. The molecule has 1 aliphatic heterocycles. The van der Waals surface area contributed by atoms with Crippen LogP contribution in [-0.4, -0.2) is 40.6 Å². The van der Waals surface area contributed by atoms with Crippen molar-refractivity contribution in [3.05, 3.63) is 42.0 Å². The Kier molecular flexibility index (Phi) is 5.15. The minimum atomic E-state index is -1.31. The Balaban J connectivity index is 2.26. The molecule has 2 rings (SSSR count). The van der Waals surface area contributed by atoms with Gasteiger partial charge in [0.1, 0.15) is 23.9 Å². The summed E-state index contributed by atoms with van der Waals surface area (Å²) in [5.74, 6) is -1.18. The topological polar surface area (TPSA) is 95.9 Å². The maximum Gasteiger partial charge on any atom is 0.326 e. The summed E-state index contributed by atoms with van der Waals surface area (Å²) in [6.45, 7) is 9.17. The van der Waals surface area contributed by atoms with Gasteiger partial charge in [0.2, 0.25) is 0 Å². The number of carbonyl (C=O) groups excluding carboxylic acids is 2. The lowest BCUT2D eigenvalue weighted by Gasteiger charge is -2.24. The molecule has 2 atom stereocenters. The van der Waals surface area contributed by atoms with E-state index < -0.39 is 29.5 Å². The number of imide groups is 1. The van der Waals surface area contributed by atoms with Crippen LogP contribution >= 0.6 is 0 Å². The summed E-state index contributed by atoms with van der Waals surface area (Å²) >= 11 is 0. The van der Waals surface area contributed by atoms with E-state index >= 15 is 0 Å². The Morgan fingerprint density at radius 3 is 2.44 bits per heavy atom. The molecule has 7 heteroatoms. The first-order valence-corrected chi connectivity index (χ1v) is 7.97. The molecule has 1 aromatic carbocycles. The molecule has 0 aromatic heterocycles. The van der Waals surface area contributed by atoms with Gasteiger partial charge in [0.15, 0.2) is 0 Å². The first-order valence-electron chi connectivity index (χ1n) is 7.97. The largest absolute Gasteiger partial charge is 0.489 e. The molecule has 0 saturated carbocycles. The van der Waals surface area contributed by atoms with Crippen LogP contribution in [0, 0.1) is 0 Å².